The number of nitrogens with one attached hydrogen (secondary N) is 2. The Morgan fingerprint density at radius 1 is 1.16 bits per heavy atom. The second-order valence-corrected chi connectivity index (χ2v) is 8.66. The maximum absolute atomic E-state index is 13.6. The van der Waals surface area contributed by atoms with Crippen molar-refractivity contribution >= 4 is 23.5 Å². The van der Waals surface area contributed by atoms with Crippen molar-refractivity contribution in [3.8, 4) is 0 Å². The number of anilines is 1. The van der Waals surface area contributed by atoms with E-state index in [-0.39, 0.29) is 18.4 Å². The average Bonchev–Trinajstić information content (AvgIpc) is 2.90. The molecule has 1 aromatic rings. The molecule has 1 saturated heterocycles. The van der Waals surface area contributed by atoms with Crippen LogP contribution in [0.25, 0.3) is 0 Å². The number of hydrogen-bond acceptors (Lipinski definition) is 6. The van der Waals surface area contributed by atoms with Crippen molar-refractivity contribution in [3.05, 3.63) is 29.8 Å². The molecule has 31 heavy (non-hydrogen) atoms. The summed E-state index contributed by atoms with van der Waals surface area (Å²) in [6.07, 6.45) is -0.197. The molecule has 0 radical (unpaired) electrons. The van der Waals surface area contributed by atoms with E-state index in [2.05, 4.69) is 10.6 Å². The molecule has 3 atom stereocenters. The van der Waals surface area contributed by atoms with E-state index in [1.807, 2.05) is 13.8 Å². The molecule has 1 fully saturated rings. The lowest BCUT2D eigenvalue weighted by molar-refractivity contribution is -0.177. The molecule has 2 N–H and O–H groups in total. The van der Waals surface area contributed by atoms with Crippen molar-refractivity contribution in [1.82, 2.24) is 5.32 Å². The van der Waals surface area contributed by atoms with Gasteiger partial charge in [-0.2, -0.15) is 0 Å². The summed E-state index contributed by atoms with van der Waals surface area (Å²) in [5, 5.41) is 5.54. The third-order valence-electron chi connectivity index (χ3n) is 4.99. The van der Waals surface area contributed by atoms with Gasteiger partial charge >= 0.3 is 5.97 Å². The van der Waals surface area contributed by atoms with Crippen molar-refractivity contribution in [1.29, 1.82) is 0 Å². The van der Waals surface area contributed by atoms with Gasteiger partial charge in [-0.3, -0.25) is 9.59 Å². The zero-order chi connectivity index (χ0) is 23.4. The van der Waals surface area contributed by atoms with Gasteiger partial charge in [0.05, 0.1) is 6.61 Å². The lowest BCUT2D eigenvalue weighted by Crippen LogP contribution is -2.55. The average molecular weight is 435 g/mol. The molecule has 8 nitrogen and oxygen atoms in total. The van der Waals surface area contributed by atoms with Crippen LogP contribution in [0.15, 0.2) is 24.3 Å². The Kier molecular flexibility index (Phi) is 7.83. The van der Waals surface area contributed by atoms with Gasteiger partial charge in [-0.1, -0.05) is 26.0 Å². The van der Waals surface area contributed by atoms with Crippen molar-refractivity contribution < 1.29 is 28.6 Å². The van der Waals surface area contributed by atoms with Crippen molar-refractivity contribution in [2.24, 2.45) is 5.92 Å². The summed E-state index contributed by atoms with van der Waals surface area (Å²) in [7, 11) is 0. The van der Waals surface area contributed by atoms with Gasteiger partial charge in [0.1, 0.15) is 12.1 Å². The summed E-state index contributed by atoms with van der Waals surface area (Å²) >= 11 is 0. The quantitative estimate of drug-likeness (QED) is 0.610. The first kappa shape index (κ1) is 24.8. The Morgan fingerprint density at radius 2 is 1.77 bits per heavy atom. The molecule has 0 aromatic heterocycles. The summed E-state index contributed by atoms with van der Waals surface area (Å²) < 4.78 is 17.3. The minimum atomic E-state index is -1.47. The Labute approximate surface area is 184 Å². The third kappa shape index (κ3) is 5.83. The standard InChI is InChI=1S/C23H34N2O6/c1-8-29-20(27)19(13-14(2)3)25-21(28)23(15(4)30-22(6,7)31-23)17-9-11-18(12-10-17)24-16(5)26/h9-12,14-15,19H,8,13H2,1-7H3,(H,24,26)(H,25,28)/t15-,19?,23+/m0/s1. The maximum Gasteiger partial charge on any atom is 0.328 e. The van der Waals surface area contributed by atoms with Gasteiger partial charge in [-0.25, -0.2) is 4.79 Å². The number of carbonyl (C=O) groups is 3. The molecular weight excluding hydrogens is 400 g/mol. The molecule has 2 amide bonds. The van der Waals surface area contributed by atoms with Gasteiger partial charge in [0.25, 0.3) is 5.91 Å². The fraction of sp³-hybridized carbons (Fsp3) is 0.609. The van der Waals surface area contributed by atoms with Crippen LogP contribution in [-0.4, -0.2) is 42.3 Å². The number of rotatable bonds is 8. The van der Waals surface area contributed by atoms with E-state index in [1.54, 1.807) is 52.0 Å². The largest absolute Gasteiger partial charge is 0.464 e. The van der Waals surface area contributed by atoms with Crippen LogP contribution >= 0.6 is 0 Å². The molecule has 1 aliphatic heterocycles. The fourth-order valence-electron chi connectivity index (χ4n) is 3.86. The highest BCUT2D eigenvalue weighted by Gasteiger charge is 2.58. The number of amides is 2. The molecule has 0 saturated carbocycles. The lowest BCUT2D eigenvalue weighted by Gasteiger charge is -2.33. The van der Waals surface area contributed by atoms with Crippen LogP contribution < -0.4 is 10.6 Å². The Bertz CT molecular complexity index is 805. The van der Waals surface area contributed by atoms with Crippen LogP contribution in [0.1, 0.15) is 60.5 Å². The van der Waals surface area contributed by atoms with Crippen LogP contribution in [0, 0.1) is 5.92 Å². The predicted molar refractivity (Wildman–Crippen MR) is 116 cm³/mol. The molecule has 172 valence electrons. The molecule has 8 heteroatoms. The Morgan fingerprint density at radius 3 is 2.23 bits per heavy atom. The van der Waals surface area contributed by atoms with Crippen molar-refractivity contribution in [3.63, 3.8) is 0 Å². The van der Waals surface area contributed by atoms with E-state index in [1.165, 1.54) is 6.92 Å². The highest BCUT2D eigenvalue weighted by atomic mass is 16.8. The summed E-state index contributed by atoms with van der Waals surface area (Å²) in [5.74, 6) is -1.99. The van der Waals surface area contributed by atoms with Crippen LogP contribution in [-0.2, 0) is 34.2 Å². The van der Waals surface area contributed by atoms with E-state index in [4.69, 9.17) is 14.2 Å². The highest BCUT2D eigenvalue weighted by Crippen LogP contribution is 2.44. The summed E-state index contributed by atoms with van der Waals surface area (Å²) in [6.45, 7) is 12.5. The second-order valence-electron chi connectivity index (χ2n) is 8.66. The fourth-order valence-corrected chi connectivity index (χ4v) is 3.86. The van der Waals surface area contributed by atoms with E-state index in [0.29, 0.717) is 17.7 Å². The smallest absolute Gasteiger partial charge is 0.328 e. The maximum atomic E-state index is 13.6. The van der Waals surface area contributed by atoms with Crippen molar-refractivity contribution in [2.75, 3.05) is 11.9 Å². The number of benzene rings is 1. The third-order valence-corrected chi connectivity index (χ3v) is 4.99. The van der Waals surface area contributed by atoms with Gasteiger partial charge in [0.2, 0.25) is 11.5 Å². The molecule has 0 spiro atoms. The summed E-state index contributed by atoms with van der Waals surface area (Å²) in [5.41, 5.74) is -0.314. The molecule has 1 heterocycles. The van der Waals surface area contributed by atoms with Crippen molar-refractivity contribution in [2.45, 2.75) is 78.4 Å². The molecule has 0 aliphatic carbocycles. The minimum absolute atomic E-state index is 0.164. The number of hydrogen-bond donors (Lipinski definition) is 2. The molecular formula is C23H34N2O6. The zero-order valence-electron chi connectivity index (χ0n) is 19.4. The first-order chi connectivity index (χ1) is 14.4. The summed E-state index contributed by atoms with van der Waals surface area (Å²) in [6, 6.07) is 6.03. The molecule has 1 aliphatic rings. The normalized spacial score (nSPS) is 23.3. The molecule has 0 bridgehead atoms. The Hall–Kier alpha value is -2.45. The van der Waals surface area contributed by atoms with E-state index >= 15 is 0 Å². The van der Waals surface area contributed by atoms with E-state index in [9.17, 15) is 14.4 Å². The van der Waals surface area contributed by atoms with E-state index in [0.717, 1.165) is 0 Å². The molecule has 1 aromatic carbocycles. The first-order valence-corrected chi connectivity index (χ1v) is 10.6. The monoisotopic (exact) mass is 434 g/mol. The molecule has 1 unspecified atom stereocenters. The number of ether oxygens (including phenoxy) is 3. The first-order valence-electron chi connectivity index (χ1n) is 10.6. The number of carbonyl (C=O) groups excluding carboxylic acids is 3. The van der Waals surface area contributed by atoms with Crippen LogP contribution in [0.4, 0.5) is 5.69 Å². The summed E-state index contributed by atoms with van der Waals surface area (Å²) in [4.78, 5) is 37.4. The topological polar surface area (TPSA) is 103 Å². The van der Waals surface area contributed by atoms with Gasteiger partial charge in [-0.15, -0.1) is 0 Å². The predicted octanol–water partition coefficient (Wildman–Crippen LogP) is 3.11. The van der Waals surface area contributed by atoms with Crippen LogP contribution in [0.5, 0.6) is 0 Å². The number of esters is 1. The van der Waals surface area contributed by atoms with Gasteiger partial charge in [-0.05, 0) is 57.7 Å². The zero-order valence-corrected chi connectivity index (χ0v) is 19.4. The van der Waals surface area contributed by atoms with Gasteiger partial charge in [0.15, 0.2) is 5.79 Å². The molecule has 2 rings (SSSR count). The lowest BCUT2D eigenvalue weighted by atomic mass is 9.87. The Balaban J connectivity index is 2.42. The SMILES string of the molecule is CCOC(=O)C(CC(C)C)NC(=O)[C@@]1(c2ccc(NC(C)=O)cc2)OC(C)(C)O[C@H]1C. The van der Waals surface area contributed by atoms with E-state index < -0.39 is 35.4 Å². The van der Waals surface area contributed by atoms with Crippen LogP contribution in [0.3, 0.4) is 0 Å². The van der Waals surface area contributed by atoms with Crippen LogP contribution in [0.2, 0.25) is 0 Å². The van der Waals surface area contributed by atoms with Gasteiger partial charge in [0, 0.05) is 12.6 Å². The minimum Gasteiger partial charge on any atom is -0.464 e. The van der Waals surface area contributed by atoms with Gasteiger partial charge < -0.3 is 24.8 Å². The highest BCUT2D eigenvalue weighted by molar-refractivity contribution is 5.92. The second kappa shape index (κ2) is 9.78.